The first-order chi connectivity index (χ1) is 17.2. The summed E-state index contributed by atoms with van der Waals surface area (Å²) in [6.07, 6.45) is 0. The Hall–Kier alpha value is -2.09. The molecule has 0 fully saturated rings. The van der Waals surface area contributed by atoms with E-state index in [4.69, 9.17) is 105 Å². The summed E-state index contributed by atoms with van der Waals surface area (Å²) in [4.78, 5) is 0. The second-order valence-corrected chi connectivity index (χ2v) is 8.85. The van der Waals surface area contributed by atoms with E-state index in [-0.39, 0.29) is 169 Å². The van der Waals surface area contributed by atoms with Gasteiger partial charge in [0.2, 0.25) is 0 Å². The fourth-order valence-electron chi connectivity index (χ4n) is 0. The molecule has 0 bridgehead atoms. The van der Waals surface area contributed by atoms with E-state index in [0.717, 1.165) is 0 Å². The van der Waals surface area contributed by atoms with Gasteiger partial charge in [-0.15, -0.1) is 0 Å². The van der Waals surface area contributed by atoms with E-state index in [1.165, 1.54) is 0 Å². The molecule has 0 aromatic heterocycles. The molecular weight excluding hydrogens is 1110 g/mol. The third-order valence-corrected chi connectivity index (χ3v) is 0. The van der Waals surface area contributed by atoms with Crippen molar-refractivity contribution in [2.75, 3.05) is 0 Å². The standard InChI is InChI=1S/3CH5N3.3Al.6H2O4S.18H2O/c3*2-1(3)4;;;;6*1-5(2,3)4;;;;;;;;;;;;;;;;;;/h3*(H5,2,3,4);;;;6*(H2,1,2,3,4);18*1H2/q;;;3*+3;;;;;;;;;;;;;;;;;;;;;;;;/p+9. The van der Waals surface area contributed by atoms with E-state index in [1.54, 1.807) is 0 Å². The summed E-state index contributed by atoms with van der Waals surface area (Å²) < 4.78 is 205. The number of rotatable bonds is 0. The molecular formula is C3H72Al3N9O42S6+18. The predicted molar refractivity (Wildman–Crippen MR) is 214 cm³/mol. The fraction of sp³-hybridized carbons (Fsp3) is 0. The summed E-state index contributed by atoms with van der Waals surface area (Å²) in [7, 11) is -31.0. The zero-order valence-electron chi connectivity index (χ0n) is 31.1. The van der Waals surface area contributed by atoms with Gasteiger partial charge in [-0.2, -0.15) is 0 Å². The van der Waals surface area contributed by atoms with Crippen LogP contribution in [0.2, 0.25) is 0 Å². The molecule has 51 nitrogen and oxygen atoms in total. The van der Waals surface area contributed by atoms with E-state index in [1.807, 2.05) is 0 Å². The van der Waals surface area contributed by atoms with Gasteiger partial charge in [0.1, 0.15) is 0 Å². The molecule has 0 unspecified atom stereocenters. The van der Waals surface area contributed by atoms with E-state index in [9.17, 15) is 0 Å². The summed E-state index contributed by atoms with van der Waals surface area (Å²) in [6, 6.07) is 0. The molecule has 0 radical (unpaired) electrons. The van der Waals surface area contributed by atoms with Crippen molar-refractivity contribution in [3.63, 3.8) is 0 Å². The minimum absolute atomic E-state index is 0. The maximum atomic E-state index is 8.52. The topological polar surface area (TPSA) is 1310 Å². The molecule has 72 N–H and O–H groups in total. The van der Waals surface area contributed by atoms with E-state index in [2.05, 4.69) is 50.6 Å². The Morgan fingerprint density at radius 1 is 0.222 bits per heavy atom. The Morgan fingerprint density at radius 2 is 0.222 bits per heavy atom. The van der Waals surface area contributed by atoms with E-state index >= 15 is 0 Å². The van der Waals surface area contributed by atoms with Gasteiger partial charge in [-0.05, 0) is 0 Å². The summed E-state index contributed by atoms with van der Waals surface area (Å²) >= 11 is 0. The van der Waals surface area contributed by atoms with Crippen LogP contribution in [0.1, 0.15) is 0 Å². The predicted octanol–water partition coefficient (Wildman–Crippen LogP) is -34.7. The summed E-state index contributed by atoms with van der Waals surface area (Å²) in [5.74, 6) is -0.250. The molecule has 408 valence electrons. The Kier molecular flexibility index (Phi) is 410. The minimum atomic E-state index is -5.17. The first-order valence-electron chi connectivity index (χ1n) is 6.60. The van der Waals surface area contributed by atoms with E-state index < -0.39 is 62.4 Å². The Labute approximate surface area is 385 Å². The van der Waals surface area contributed by atoms with Gasteiger partial charge in [0.05, 0.1) is 0 Å². The van der Waals surface area contributed by atoms with Crippen LogP contribution in [0.4, 0.5) is 0 Å². The smallest absolute Gasteiger partial charge is 0.759 e. The summed E-state index contributed by atoms with van der Waals surface area (Å²) in [5.41, 5.74) is 27.5. The van der Waals surface area contributed by atoms with Crippen LogP contribution in [0, 0.1) is 0 Å². The fourth-order valence-corrected chi connectivity index (χ4v) is 0. The molecule has 0 amide bonds. The van der Waals surface area contributed by atoms with Crippen molar-refractivity contribution < 1.29 is 220 Å². The van der Waals surface area contributed by atoms with Crippen molar-refractivity contribution >= 4 is 132 Å². The molecule has 0 aromatic rings. The molecule has 0 aliphatic rings. The van der Waals surface area contributed by atoms with E-state index in [0.29, 0.717) is 0 Å². The van der Waals surface area contributed by atoms with Crippen LogP contribution < -0.4 is 50.6 Å². The second-order valence-electron chi connectivity index (χ2n) is 3.95. The number of nitrogens with two attached hydrogens (primary N) is 9. The van der Waals surface area contributed by atoms with Gasteiger partial charge in [0.15, 0.2) is 0 Å². The van der Waals surface area contributed by atoms with Crippen LogP contribution >= 0.6 is 0 Å². The van der Waals surface area contributed by atoms with Gasteiger partial charge in [0.25, 0.3) is 0 Å². The van der Waals surface area contributed by atoms with Crippen LogP contribution in [-0.2, 0) is 161 Å². The van der Waals surface area contributed by atoms with Crippen LogP contribution in [0.3, 0.4) is 0 Å². The zero-order chi connectivity index (χ0) is 37.7. The third-order valence-electron chi connectivity index (χ3n) is 0. The SMILES string of the molecule is NC(N)=[NH2+].NC(N)=[NH2+].NC(N)=[NH2+].O=S(=O)([O-])[O-].O=S(=O)([O-])[O-].O=S(=O)([O-])[O-].O=S(=O)([O-])[O-].O=S(=O)([O-])[O-].O=S(=O)([O-])[O-].[Al+3].[Al+3].[Al+3].[OH3+].[OH3+].[OH3+].[OH3+].[OH3+].[OH3+].[OH3+].[OH3+].[OH3+].[OH3+].[OH3+].[OH3+].[OH3+].[OH3+].[OH3+].[OH3+].[OH3+].[OH3+]. The van der Waals surface area contributed by atoms with Crippen LogP contribution in [-0.4, -0.2) is 175 Å². The maximum Gasteiger partial charge on any atom is 3.00 e. The van der Waals surface area contributed by atoms with Gasteiger partial charge in [-0.3, -0.25) is 101 Å². The van der Waals surface area contributed by atoms with Crippen molar-refractivity contribution in [2.24, 2.45) is 34.4 Å². The van der Waals surface area contributed by atoms with Gasteiger partial charge < -0.3 is 153 Å². The molecule has 0 aliphatic carbocycles. The van der Waals surface area contributed by atoms with Crippen LogP contribution in [0.5, 0.6) is 0 Å². The third kappa shape index (κ3) is 45900. The number of hydrogen-bond acceptors (Lipinski definition) is 24. The average Bonchev–Trinajstić information content (AvgIpc) is 2.31. The maximum absolute atomic E-state index is 8.52. The van der Waals surface area contributed by atoms with Crippen LogP contribution in [0.15, 0.2) is 0 Å². The van der Waals surface area contributed by atoms with Crippen molar-refractivity contribution in [1.82, 2.24) is 0 Å². The Morgan fingerprint density at radius 3 is 0.222 bits per heavy atom. The van der Waals surface area contributed by atoms with Crippen molar-refractivity contribution in [3.05, 3.63) is 0 Å². The largest absolute Gasteiger partial charge is 3.00 e. The Balaban J connectivity index is -0.00000000667. The Bertz CT molecular complexity index is 1070. The van der Waals surface area contributed by atoms with Crippen LogP contribution in [0.25, 0.3) is 0 Å². The molecule has 0 heterocycles. The molecule has 0 spiro atoms. The molecule has 0 aromatic carbocycles. The minimum Gasteiger partial charge on any atom is -0.759 e. The summed E-state index contributed by atoms with van der Waals surface area (Å²) in [6.45, 7) is 0. The average molecular weight is 1180 g/mol. The molecule has 0 rings (SSSR count). The van der Waals surface area contributed by atoms with Crippen molar-refractivity contribution in [3.8, 4) is 0 Å². The number of hydrogen-bond donors (Lipinski definition) is 9. The normalized spacial score (nSPS) is 6.67. The van der Waals surface area contributed by atoms with Gasteiger partial charge in [0, 0.05) is 62.4 Å². The first-order valence-corrected chi connectivity index (χ1v) is 14.6. The van der Waals surface area contributed by atoms with Gasteiger partial charge in [-0.1, -0.05) is 0 Å². The van der Waals surface area contributed by atoms with Crippen molar-refractivity contribution in [2.45, 2.75) is 0 Å². The molecule has 0 aliphatic heterocycles. The number of guanidine groups is 3. The molecule has 0 saturated heterocycles. The molecule has 60 heteroatoms. The zero-order valence-corrected chi connectivity index (χ0v) is 39.4. The summed E-state index contributed by atoms with van der Waals surface area (Å²) in [5, 5.41) is 13.8. The van der Waals surface area contributed by atoms with Gasteiger partial charge >= 0.3 is 70.0 Å². The van der Waals surface area contributed by atoms with Crippen molar-refractivity contribution in [1.29, 1.82) is 0 Å². The molecule has 0 saturated carbocycles. The monoisotopic (exact) mass is 1180 g/mol. The van der Waals surface area contributed by atoms with Gasteiger partial charge in [-0.25, -0.2) is 0 Å². The quantitative estimate of drug-likeness (QED) is 0.0272. The molecule has 63 heavy (non-hydrogen) atoms. The first kappa shape index (κ1) is 229. The second kappa shape index (κ2) is 113. The molecule has 0 atom stereocenters.